The van der Waals surface area contributed by atoms with Crippen molar-refractivity contribution in [2.45, 2.75) is 37.8 Å². The fourth-order valence-electron chi connectivity index (χ4n) is 3.31. The summed E-state index contributed by atoms with van der Waals surface area (Å²) in [6.45, 7) is 8.45. The highest BCUT2D eigenvalue weighted by Crippen LogP contribution is 2.45. The quantitative estimate of drug-likeness (QED) is 0.776. The van der Waals surface area contributed by atoms with Gasteiger partial charge in [0.15, 0.2) is 0 Å². The Balaban J connectivity index is 2.24. The Kier molecular flexibility index (Phi) is 3.78. The summed E-state index contributed by atoms with van der Waals surface area (Å²) in [5.74, 6) is 0.699. The molecule has 2 N–H and O–H groups in total. The molecule has 100 valence electrons. The maximum Gasteiger partial charge on any atom is 0.0661 e. The second-order valence-corrected chi connectivity index (χ2v) is 6.03. The van der Waals surface area contributed by atoms with Gasteiger partial charge in [-0.15, -0.1) is 0 Å². The van der Waals surface area contributed by atoms with Crippen molar-refractivity contribution in [1.82, 2.24) is 4.90 Å². The first kappa shape index (κ1) is 13.3. The van der Waals surface area contributed by atoms with Gasteiger partial charge in [-0.05, 0) is 32.6 Å². The molecule has 0 aromatic carbocycles. The molecule has 0 amide bonds. The Morgan fingerprint density at radius 3 is 2.65 bits per heavy atom. The molecule has 1 saturated heterocycles. The number of rotatable bonds is 5. The highest BCUT2D eigenvalue weighted by Gasteiger charge is 2.53. The van der Waals surface area contributed by atoms with E-state index in [2.05, 4.69) is 18.7 Å². The molecule has 4 nitrogen and oxygen atoms in total. The van der Waals surface area contributed by atoms with E-state index in [4.69, 9.17) is 15.2 Å². The van der Waals surface area contributed by atoms with Gasteiger partial charge >= 0.3 is 0 Å². The van der Waals surface area contributed by atoms with E-state index >= 15 is 0 Å². The Labute approximate surface area is 104 Å². The molecule has 2 rings (SSSR count). The van der Waals surface area contributed by atoms with Crippen LogP contribution in [-0.4, -0.2) is 56.0 Å². The molecule has 1 unspecified atom stereocenters. The minimum Gasteiger partial charge on any atom is -0.383 e. The molecule has 2 aliphatic rings. The van der Waals surface area contributed by atoms with Gasteiger partial charge in [0.2, 0.25) is 0 Å². The van der Waals surface area contributed by atoms with Crippen LogP contribution < -0.4 is 5.73 Å². The van der Waals surface area contributed by atoms with Crippen molar-refractivity contribution in [2.24, 2.45) is 11.7 Å². The predicted molar refractivity (Wildman–Crippen MR) is 68.0 cm³/mol. The van der Waals surface area contributed by atoms with Gasteiger partial charge in [-0.3, -0.25) is 4.90 Å². The minimum absolute atomic E-state index is 0.0159. The third-order valence-corrected chi connectivity index (χ3v) is 4.27. The van der Waals surface area contributed by atoms with Crippen molar-refractivity contribution in [2.75, 3.05) is 40.0 Å². The van der Waals surface area contributed by atoms with Crippen LogP contribution in [0, 0.1) is 5.92 Å². The first-order valence-electron chi connectivity index (χ1n) is 6.61. The Hall–Kier alpha value is -0.160. The summed E-state index contributed by atoms with van der Waals surface area (Å²) in [5, 5.41) is 0. The number of ether oxygens (including phenoxy) is 2. The zero-order valence-electron chi connectivity index (χ0n) is 11.4. The number of nitrogens with two attached hydrogens (primary N) is 1. The zero-order valence-corrected chi connectivity index (χ0v) is 11.4. The number of hydrogen-bond donors (Lipinski definition) is 1. The van der Waals surface area contributed by atoms with Crippen LogP contribution in [0.3, 0.4) is 0 Å². The molecule has 1 heterocycles. The van der Waals surface area contributed by atoms with Crippen molar-refractivity contribution in [1.29, 1.82) is 0 Å². The lowest BCUT2D eigenvalue weighted by Gasteiger charge is -2.53. The molecule has 1 aliphatic carbocycles. The number of morpholine rings is 1. The second-order valence-electron chi connectivity index (χ2n) is 6.03. The largest absolute Gasteiger partial charge is 0.383 e. The van der Waals surface area contributed by atoms with Gasteiger partial charge < -0.3 is 15.2 Å². The van der Waals surface area contributed by atoms with Gasteiger partial charge in [0.25, 0.3) is 0 Å². The third kappa shape index (κ3) is 2.36. The summed E-state index contributed by atoms with van der Waals surface area (Å²) in [5.41, 5.74) is 6.19. The second kappa shape index (κ2) is 4.84. The number of nitrogens with zero attached hydrogens (tertiary/aromatic N) is 1. The maximum atomic E-state index is 6.12. The summed E-state index contributed by atoms with van der Waals surface area (Å²) >= 11 is 0. The van der Waals surface area contributed by atoms with Crippen molar-refractivity contribution < 1.29 is 9.47 Å². The zero-order chi connectivity index (χ0) is 12.5. The first-order valence-corrected chi connectivity index (χ1v) is 6.61. The molecular formula is C13H26N2O2. The van der Waals surface area contributed by atoms with E-state index in [0.29, 0.717) is 12.5 Å². The van der Waals surface area contributed by atoms with Gasteiger partial charge in [-0.2, -0.15) is 0 Å². The topological polar surface area (TPSA) is 47.7 Å². The van der Waals surface area contributed by atoms with E-state index in [9.17, 15) is 0 Å². The lowest BCUT2D eigenvalue weighted by molar-refractivity contribution is -0.128. The van der Waals surface area contributed by atoms with E-state index in [-0.39, 0.29) is 11.1 Å². The molecule has 1 atom stereocenters. The van der Waals surface area contributed by atoms with Crippen molar-refractivity contribution >= 4 is 0 Å². The molecule has 0 spiro atoms. The van der Waals surface area contributed by atoms with Crippen molar-refractivity contribution in [3.8, 4) is 0 Å². The predicted octanol–water partition coefficient (Wildman–Crippen LogP) is 0.851. The minimum atomic E-state index is 0.0159. The summed E-state index contributed by atoms with van der Waals surface area (Å²) in [4.78, 5) is 2.55. The van der Waals surface area contributed by atoms with Crippen LogP contribution in [0.25, 0.3) is 0 Å². The molecule has 1 aliphatic heterocycles. The van der Waals surface area contributed by atoms with Gasteiger partial charge in [-0.1, -0.05) is 0 Å². The van der Waals surface area contributed by atoms with E-state index in [1.54, 1.807) is 7.11 Å². The van der Waals surface area contributed by atoms with E-state index in [1.807, 2.05) is 0 Å². The lowest BCUT2D eigenvalue weighted by atomic mass is 9.85. The van der Waals surface area contributed by atoms with Gasteiger partial charge in [0.05, 0.1) is 25.4 Å². The van der Waals surface area contributed by atoms with Crippen molar-refractivity contribution in [3.63, 3.8) is 0 Å². The Morgan fingerprint density at radius 2 is 2.18 bits per heavy atom. The number of hydrogen-bond acceptors (Lipinski definition) is 4. The van der Waals surface area contributed by atoms with E-state index < -0.39 is 0 Å². The fourth-order valence-corrected chi connectivity index (χ4v) is 3.31. The Morgan fingerprint density at radius 1 is 1.47 bits per heavy atom. The smallest absolute Gasteiger partial charge is 0.0661 e. The molecule has 0 aromatic heterocycles. The Bertz CT molecular complexity index is 266. The average Bonchev–Trinajstić information content (AvgIpc) is 3.10. The van der Waals surface area contributed by atoms with Crippen LogP contribution >= 0.6 is 0 Å². The standard InChI is InChI=1S/C13H26N2O2/c1-12(2)9-17-7-6-15(12)13(8-14,10-16-3)11-4-5-11/h11H,4-10,14H2,1-3H3. The molecule has 0 radical (unpaired) electrons. The van der Waals surface area contributed by atoms with Crippen LogP contribution in [0.2, 0.25) is 0 Å². The molecule has 4 heteroatoms. The molecule has 17 heavy (non-hydrogen) atoms. The van der Waals surface area contributed by atoms with Gasteiger partial charge in [0, 0.05) is 25.7 Å². The SMILES string of the molecule is COCC(CN)(C1CC1)N1CCOCC1(C)C. The number of methoxy groups -OCH3 is 1. The third-order valence-electron chi connectivity index (χ3n) is 4.27. The van der Waals surface area contributed by atoms with Crippen LogP contribution in [-0.2, 0) is 9.47 Å². The highest BCUT2D eigenvalue weighted by atomic mass is 16.5. The lowest BCUT2D eigenvalue weighted by Crippen LogP contribution is -2.68. The van der Waals surface area contributed by atoms with Crippen LogP contribution in [0.5, 0.6) is 0 Å². The van der Waals surface area contributed by atoms with Gasteiger partial charge in [0.1, 0.15) is 0 Å². The average molecular weight is 242 g/mol. The van der Waals surface area contributed by atoms with Gasteiger partial charge in [-0.25, -0.2) is 0 Å². The van der Waals surface area contributed by atoms with E-state index in [0.717, 1.165) is 26.4 Å². The summed E-state index contributed by atoms with van der Waals surface area (Å²) in [6.07, 6.45) is 2.57. The van der Waals surface area contributed by atoms with Crippen molar-refractivity contribution in [3.05, 3.63) is 0 Å². The molecule has 2 fully saturated rings. The van der Waals surface area contributed by atoms with Crippen LogP contribution in [0.4, 0.5) is 0 Å². The molecule has 0 aromatic rings. The highest BCUT2D eigenvalue weighted by molar-refractivity contribution is 5.08. The monoisotopic (exact) mass is 242 g/mol. The summed E-state index contributed by atoms with van der Waals surface area (Å²) in [6, 6.07) is 0. The molecular weight excluding hydrogens is 216 g/mol. The van der Waals surface area contributed by atoms with E-state index in [1.165, 1.54) is 12.8 Å². The fraction of sp³-hybridized carbons (Fsp3) is 1.00. The summed E-state index contributed by atoms with van der Waals surface area (Å²) < 4.78 is 11.1. The summed E-state index contributed by atoms with van der Waals surface area (Å²) in [7, 11) is 1.78. The first-order chi connectivity index (χ1) is 8.07. The van der Waals surface area contributed by atoms with Crippen LogP contribution in [0.15, 0.2) is 0 Å². The normalized spacial score (nSPS) is 28.9. The molecule has 0 bridgehead atoms. The maximum absolute atomic E-state index is 6.12. The van der Waals surface area contributed by atoms with Crippen LogP contribution in [0.1, 0.15) is 26.7 Å². The molecule has 1 saturated carbocycles.